The quantitative estimate of drug-likeness (QED) is 0.816. The number of aryl methyl sites for hydroxylation is 1. The van der Waals surface area contributed by atoms with Gasteiger partial charge in [0.1, 0.15) is 10.9 Å². The molecule has 0 fully saturated rings. The molecule has 0 atom stereocenters. The van der Waals surface area contributed by atoms with E-state index < -0.39 is 5.91 Å². The molecule has 1 amide bonds. The first-order chi connectivity index (χ1) is 8.58. The second-order valence-corrected chi connectivity index (χ2v) is 4.02. The van der Waals surface area contributed by atoms with E-state index in [4.69, 9.17) is 11.6 Å². The number of anilines is 1. The van der Waals surface area contributed by atoms with Gasteiger partial charge in [0.05, 0.1) is 5.56 Å². The van der Waals surface area contributed by atoms with Gasteiger partial charge in [-0.3, -0.25) is 10.1 Å². The van der Waals surface area contributed by atoms with Gasteiger partial charge in [0.2, 0.25) is 5.95 Å². The summed E-state index contributed by atoms with van der Waals surface area (Å²) in [6.45, 7) is 1.71. The van der Waals surface area contributed by atoms with Gasteiger partial charge in [0, 0.05) is 6.20 Å². The lowest BCUT2D eigenvalue weighted by molar-refractivity contribution is 0.102. The Labute approximate surface area is 108 Å². The number of benzene rings is 1. The van der Waals surface area contributed by atoms with Crippen LogP contribution in [0.15, 0.2) is 30.5 Å². The van der Waals surface area contributed by atoms with Gasteiger partial charge in [-0.2, -0.15) is 0 Å². The summed E-state index contributed by atoms with van der Waals surface area (Å²) < 4.78 is 0. The summed E-state index contributed by atoms with van der Waals surface area (Å²) >= 11 is 5.68. The van der Waals surface area contributed by atoms with E-state index in [1.165, 1.54) is 18.3 Å². The van der Waals surface area contributed by atoms with Crippen molar-refractivity contribution in [3.05, 3.63) is 46.7 Å². The van der Waals surface area contributed by atoms with Crippen LogP contribution >= 0.6 is 11.6 Å². The molecule has 18 heavy (non-hydrogen) atoms. The number of hydrogen-bond acceptors (Lipinski definition) is 4. The second-order valence-electron chi connectivity index (χ2n) is 3.63. The molecule has 1 aromatic carbocycles. The van der Waals surface area contributed by atoms with Crippen molar-refractivity contribution in [1.82, 2.24) is 9.97 Å². The van der Waals surface area contributed by atoms with Crippen molar-refractivity contribution < 1.29 is 9.90 Å². The van der Waals surface area contributed by atoms with Gasteiger partial charge in [0.25, 0.3) is 5.91 Å². The lowest BCUT2D eigenvalue weighted by Crippen LogP contribution is -2.14. The van der Waals surface area contributed by atoms with Gasteiger partial charge in [-0.1, -0.05) is 23.7 Å². The fourth-order valence-electron chi connectivity index (χ4n) is 1.41. The second kappa shape index (κ2) is 5.01. The third-order valence-corrected chi connectivity index (χ3v) is 2.54. The number of carbonyl (C=O) groups excluding carboxylic acids is 1. The molecular weight excluding hydrogens is 254 g/mol. The van der Waals surface area contributed by atoms with Gasteiger partial charge < -0.3 is 5.11 Å². The maximum atomic E-state index is 11.9. The highest BCUT2D eigenvalue weighted by atomic mass is 35.5. The van der Waals surface area contributed by atoms with Crippen LogP contribution < -0.4 is 5.32 Å². The molecule has 2 N–H and O–H groups in total. The van der Waals surface area contributed by atoms with E-state index in [0.29, 0.717) is 5.56 Å². The zero-order chi connectivity index (χ0) is 13.1. The maximum Gasteiger partial charge on any atom is 0.261 e. The first-order valence-electron chi connectivity index (χ1n) is 5.16. The molecule has 0 saturated carbocycles. The van der Waals surface area contributed by atoms with Crippen LogP contribution in [0.25, 0.3) is 0 Å². The van der Waals surface area contributed by atoms with Crippen molar-refractivity contribution in [2.45, 2.75) is 6.92 Å². The highest BCUT2D eigenvalue weighted by molar-refractivity contribution is 6.29. The Morgan fingerprint density at radius 2 is 2.17 bits per heavy atom. The molecule has 0 aliphatic carbocycles. The minimum atomic E-state index is -0.488. The SMILES string of the molecule is Cc1cccc(C(=O)Nc2nccc(Cl)n2)c1O. The van der Waals surface area contributed by atoms with Crippen molar-refractivity contribution in [2.75, 3.05) is 5.32 Å². The largest absolute Gasteiger partial charge is 0.507 e. The lowest BCUT2D eigenvalue weighted by atomic mass is 10.1. The van der Waals surface area contributed by atoms with Crippen molar-refractivity contribution in [2.24, 2.45) is 0 Å². The predicted octanol–water partition coefficient (Wildman–Crippen LogP) is 2.40. The molecule has 0 saturated heterocycles. The molecule has 1 aromatic heterocycles. The smallest absolute Gasteiger partial charge is 0.261 e. The van der Waals surface area contributed by atoms with E-state index in [2.05, 4.69) is 15.3 Å². The number of halogens is 1. The normalized spacial score (nSPS) is 10.1. The lowest BCUT2D eigenvalue weighted by Gasteiger charge is -2.07. The molecule has 0 radical (unpaired) electrons. The average molecular weight is 264 g/mol. The van der Waals surface area contributed by atoms with E-state index in [9.17, 15) is 9.90 Å². The zero-order valence-electron chi connectivity index (χ0n) is 9.51. The molecule has 0 aliphatic rings. The van der Waals surface area contributed by atoms with Crippen LogP contribution in [0.5, 0.6) is 5.75 Å². The molecule has 0 bridgehead atoms. The Kier molecular flexibility index (Phi) is 3.43. The van der Waals surface area contributed by atoms with Crippen LogP contribution in [0, 0.1) is 6.92 Å². The number of carbonyl (C=O) groups is 1. The van der Waals surface area contributed by atoms with Gasteiger partial charge >= 0.3 is 0 Å². The van der Waals surface area contributed by atoms with E-state index in [1.807, 2.05) is 0 Å². The monoisotopic (exact) mass is 263 g/mol. The van der Waals surface area contributed by atoms with E-state index >= 15 is 0 Å². The minimum Gasteiger partial charge on any atom is -0.507 e. The number of amides is 1. The fourth-order valence-corrected chi connectivity index (χ4v) is 1.54. The van der Waals surface area contributed by atoms with Crippen LogP contribution in [-0.4, -0.2) is 21.0 Å². The molecule has 0 aliphatic heterocycles. The Hall–Kier alpha value is -2.14. The summed E-state index contributed by atoms with van der Waals surface area (Å²) in [6.07, 6.45) is 1.43. The average Bonchev–Trinajstić information content (AvgIpc) is 2.32. The van der Waals surface area contributed by atoms with Crippen LogP contribution in [-0.2, 0) is 0 Å². The van der Waals surface area contributed by atoms with Crippen LogP contribution in [0.4, 0.5) is 5.95 Å². The summed E-state index contributed by atoms with van der Waals surface area (Å²) in [4.78, 5) is 19.6. The van der Waals surface area contributed by atoms with Gasteiger partial charge in [-0.25, -0.2) is 9.97 Å². The Bertz CT molecular complexity index is 602. The molecule has 0 spiro atoms. The number of aromatic nitrogens is 2. The van der Waals surface area contributed by atoms with Crippen molar-refractivity contribution >= 4 is 23.5 Å². The standard InChI is InChI=1S/C12H10ClN3O2/c1-7-3-2-4-8(10(7)17)11(18)16-12-14-6-5-9(13)15-12/h2-6,17H,1H3,(H,14,15,16,18). The molecule has 5 nitrogen and oxygen atoms in total. The van der Waals surface area contributed by atoms with Crippen LogP contribution in [0.1, 0.15) is 15.9 Å². The summed E-state index contributed by atoms with van der Waals surface area (Å²) in [5.41, 5.74) is 0.785. The predicted molar refractivity (Wildman–Crippen MR) is 67.8 cm³/mol. The molecule has 92 valence electrons. The number of nitrogens with one attached hydrogen (secondary N) is 1. The zero-order valence-corrected chi connectivity index (χ0v) is 10.3. The van der Waals surface area contributed by atoms with Crippen LogP contribution in [0.2, 0.25) is 5.15 Å². The highest BCUT2D eigenvalue weighted by Crippen LogP contribution is 2.22. The summed E-state index contributed by atoms with van der Waals surface area (Å²) in [6, 6.07) is 6.41. The van der Waals surface area contributed by atoms with Crippen molar-refractivity contribution in [3.63, 3.8) is 0 Å². The number of nitrogens with zero attached hydrogens (tertiary/aromatic N) is 2. The molecular formula is C12H10ClN3O2. The molecule has 1 heterocycles. The van der Waals surface area contributed by atoms with Gasteiger partial charge in [-0.05, 0) is 24.6 Å². The summed E-state index contributed by atoms with van der Waals surface area (Å²) in [5.74, 6) is -0.455. The van der Waals surface area contributed by atoms with Crippen molar-refractivity contribution in [3.8, 4) is 5.75 Å². The maximum absolute atomic E-state index is 11.9. The first-order valence-corrected chi connectivity index (χ1v) is 5.54. The molecule has 6 heteroatoms. The van der Waals surface area contributed by atoms with Gasteiger partial charge in [0.15, 0.2) is 0 Å². The summed E-state index contributed by atoms with van der Waals surface area (Å²) in [7, 11) is 0. The minimum absolute atomic E-state index is 0.0583. The molecule has 0 unspecified atom stereocenters. The number of phenols is 1. The number of phenolic OH excluding ortho intramolecular Hbond substituents is 1. The first kappa shape index (κ1) is 12.3. The third-order valence-electron chi connectivity index (χ3n) is 2.33. The third kappa shape index (κ3) is 2.57. The number of aromatic hydroxyl groups is 1. The molecule has 2 rings (SSSR count). The fraction of sp³-hybridized carbons (Fsp3) is 0.0833. The van der Waals surface area contributed by atoms with E-state index in [0.717, 1.165) is 0 Å². The Balaban J connectivity index is 2.25. The van der Waals surface area contributed by atoms with Crippen LogP contribution in [0.3, 0.4) is 0 Å². The van der Waals surface area contributed by atoms with Gasteiger partial charge in [-0.15, -0.1) is 0 Å². The van der Waals surface area contributed by atoms with Crippen molar-refractivity contribution in [1.29, 1.82) is 0 Å². The Morgan fingerprint density at radius 3 is 2.89 bits per heavy atom. The molecule has 2 aromatic rings. The number of para-hydroxylation sites is 1. The Morgan fingerprint density at radius 1 is 1.39 bits per heavy atom. The topological polar surface area (TPSA) is 75.1 Å². The van der Waals surface area contributed by atoms with E-state index in [1.54, 1.807) is 19.1 Å². The van der Waals surface area contributed by atoms with E-state index in [-0.39, 0.29) is 22.4 Å². The number of hydrogen-bond donors (Lipinski definition) is 2. The highest BCUT2D eigenvalue weighted by Gasteiger charge is 2.13. The summed E-state index contributed by atoms with van der Waals surface area (Å²) in [5, 5.41) is 12.5. The number of rotatable bonds is 2.